The van der Waals surface area contributed by atoms with Gasteiger partial charge in [-0.15, -0.1) is 0 Å². The molecule has 3 rings (SSSR count). The second-order valence-corrected chi connectivity index (χ2v) is 7.97. The molecular formula is C15H14BrN3O3S. The number of carbonyl (C=O) groups excluding carboxylic acids is 1. The van der Waals surface area contributed by atoms with Gasteiger partial charge in [-0.2, -0.15) is 0 Å². The molecule has 2 aromatic rings. The van der Waals surface area contributed by atoms with E-state index in [0.717, 1.165) is 0 Å². The van der Waals surface area contributed by atoms with Gasteiger partial charge in [-0.3, -0.25) is 14.1 Å². The quantitative estimate of drug-likeness (QED) is 0.865. The summed E-state index contributed by atoms with van der Waals surface area (Å²) in [5.74, 6) is -0.164. The van der Waals surface area contributed by atoms with Gasteiger partial charge < -0.3 is 5.32 Å². The molecule has 1 N–H and O–H groups in total. The van der Waals surface area contributed by atoms with Gasteiger partial charge in [-0.25, -0.2) is 8.42 Å². The van der Waals surface area contributed by atoms with Gasteiger partial charge >= 0.3 is 0 Å². The van der Waals surface area contributed by atoms with Crippen molar-refractivity contribution in [2.75, 3.05) is 21.9 Å². The zero-order chi connectivity index (χ0) is 16.4. The molecule has 0 aliphatic carbocycles. The number of amides is 1. The van der Waals surface area contributed by atoms with Gasteiger partial charge in [0.05, 0.1) is 21.6 Å². The Kier molecular flexibility index (Phi) is 4.36. The van der Waals surface area contributed by atoms with Crippen LogP contribution >= 0.6 is 15.9 Å². The van der Waals surface area contributed by atoms with Crippen LogP contribution < -0.4 is 9.62 Å². The maximum absolute atomic E-state index is 12.4. The Morgan fingerprint density at radius 3 is 2.83 bits per heavy atom. The third-order valence-electron chi connectivity index (χ3n) is 3.52. The summed E-state index contributed by atoms with van der Waals surface area (Å²) in [4.78, 5) is 16.3. The molecule has 120 valence electrons. The van der Waals surface area contributed by atoms with Crippen LogP contribution in [0.3, 0.4) is 0 Å². The number of carbonyl (C=O) groups is 1. The number of sulfonamides is 1. The molecule has 6 nitrogen and oxygen atoms in total. The van der Waals surface area contributed by atoms with Crippen LogP contribution in [0, 0.1) is 0 Å². The Morgan fingerprint density at radius 2 is 2.13 bits per heavy atom. The van der Waals surface area contributed by atoms with E-state index in [2.05, 4.69) is 26.2 Å². The average molecular weight is 396 g/mol. The van der Waals surface area contributed by atoms with Gasteiger partial charge in [0.1, 0.15) is 0 Å². The Balaban J connectivity index is 1.85. The van der Waals surface area contributed by atoms with Crippen LogP contribution in [0.5, 0.6) is 0 Å². The van der Waals surface area contributed by atoms with E-state index in [1.54, 1.807) is 42.7 Å². The van der Waals surface area contributed by atoms with Crippen molar-refractivity contribution < 1.29 is 13.2 Å². The zero-order valence-electron chi connectivity index (χ0n) is 12.1. The molecule has 0 saturated carbocycles. The highest BCUT2D eigenvalue weighted by Crippen LogP contribution is 2.26. The van der Waals surface area contributed by atoms with Crippen LogP contribution in [0.15, 0.2) is 47.2 Å². The van der Waals surface area contributed by atoms with E-state index in [0.29, 0.717) is 34.4 Å². The number of rotatable bonds is 3. The fraction of sp³-hybridized carbons (Fsp3) is 0.200. The van der Waals surface area contributed by atoms with E-state index in [-0.39, 0.29) is 11.7 Å². The van der Waals surface area contributed by atoms with Gasteiger partial charge in [0, 0.05) is 24.5 Å². The fourth-order valence-electron chi connectivity index (χ4n) is 2.40. The number of anilines is 2. The number of halogens is 1. The van der Waals surface area contributed by atoms with E-state index in [1.165, 1.54) is 4.31 Å². The van der Waals surface area contributed by atoms with Crippen molar-refractivity contribution in [3.8, 4) is 0 Å². The minimum absolute atomic E-state index is 0.146. The summed E-state index contributed by atoms with van der Waals surface area (Å²) < 4.78 is 26.0. The number of nitrogens with zero attached hydrogens (tertiary/aromatic N) is 2. The van der Waals surface area contributed by atoms with Gasteiger partial charge in [0.2, 0.25) is 10.0 Å². The monoisotopic (exact) mass is 395 g/mol. The van der Waals surface area contributed by atoms with Crippen LogP contribution in [0.4, 0.5) is 11.4 Å². The molecule has 0 unspecified atom stereocenters. The number of benzene rings is 1. The third-order valence-corrected chi connectivity index (χ3v) is 6.02. The lowest BCUT2D eigenvalue weighted by Crippen LogP contribution is -2.25. The van der Waals surface area contributed by atoms with Crippen molar-refractivity contribution in [1.82, 2.24) is 4.98 Å². The van der Waals surface area contributed by atoms with Crippen LogP contribution in [0.1, 0.15) is 16.8 Å². The molecular weight excluding hydrogens is 382 g/mol. The molecule has 0 atom stereocenters. The van der Waals surface area contributed by atoms with E-state index in [4.69, 9.17) is 0 Å². The minimum atomic E-state index is -3.26. The van der Waals surface area contributed by atoms with Crippen molar-refractivity contribution in [2.24, 2.45) is 0 Å². The van der Waals surface area contributed by atoms with Gasteiger partial charge in [0.25, 0.3) is 5.91 Å². The fourth-order valence-corrected chi connectivity index (χ4v) is 4.31. The minimum Gasteiger partial charge on any atom is -0.321 e. The van der Waals surface area contributed by atoms with Crippen molar-refractivity contribution in [3.63, 3.8) is 0 Å². The molecule has 1 aliphatic heterocycles. The summed E-state index contributed by atoms with van der Waals surface area (Å²) in [5, 5.41) is 2.77. The first-order valence-corrected chi connectivity index (χ1v) is 9.39. The first-order chi connectivity index (χ1) is 11.0. The van der Waals surface area contributed by atoms with E-state index >= 15 is 0 Å². The molecule has 2 heterocycles. The molecule has 1 aromatic carbocycles. The van der Waals surface area contributed by atoms with Crippen molar-refractivity contribution in [3.05, 3.63) is 52.8 Å². The number of aromatic nitrogens is 1. The first-order valence-electron chi connectivity index (χ1n) is 6.99. The van der Waals surface area contributed by atoms with E-state index < -0.39 is 10.0 Å². The van der Waals surface area contributed by atoms with Crippen molar-refractivity contribution in [2.45, 2.75) is 6.42 Å². The van der Waals surface area contributed by atoms with Gasteiger partial charge in [0.15, 0.2) is 0 Å². The normalized spacial score (nSPS) is 16.3. The number of nitrogens with one attached hydrogen (secondary N) is 1. The molecule has 1 saturated heterocycles. The number of hydrogen-bond donors (Lipinski definition) is 1. The first kappa shape index (κ1) is 15.9. The summed E-state index contributed by atoms with van der Waals surface area (Å²) in [5.41, 5.74) is 1.52. The molecule has 1 aliphatic rings. The van der Waals surface area contributed by atoms with Gasteiger partial charge in [-0.1, -0.05) is 6.07 Å². The van der Waals surface area contributed by atoms with Crippen LogP contribution in [-0.2, 0) is 10.0 Å². The second-order valence-electron chi connectivity index (χ2n) is 5.10. The lowest BCUT2D eigenvalue weighted by molar-refractivity contribution is 0.102. The third kappa shape index (κ3) is 3.37. The molecule has 1 fully saturated rings. The molecule has 0 spiro atoms. The van der Waals surface area contributed by atoms with Crippen LogP contribution in [-0.4, -0.2) is 31.6 Å². The summed E-state index contributed by atoms with van der Waals surface area (Å²) in [6.07, 6.45) is 3.76. The number of hydrogen-bond acceptors (Lipinski definition) is 4. The van der Waals surface area contributed by atoms with Crippen LogP contribution in [0.2, 0.25) is 0 Å². The lowest BCUT2D eigenvalue weighted by Gasteiger charge is -2.17. The maximum atomic E-state index is 12.4. The van der Waals surface area contributed by atoms with Crippen LogP contribution in [0.25, 0.3) is 0 Å². The summed E-state index contributed by atoms with van der Waals surface area (Å²) >= 11 is 3.32. The van der Waals surface area contributed by atoms with E-state index in [9.17, 15) is 13.2 Å². The highest BCUT2D eigenvalue weighted by atomic mass is 79.9. The largest absolute Gasteiger partial charge is 0.321 e. The predicted molar refractivity (Wildman–Crippen MR) is 92.1 cm³/mol. The Labute approximate surface area is 142 Å². The second kappa shape index (κ2) is 6.29. The standard InChI is InChI=1S/C15H14BrN3O3S/c16-13-10-17-6-5-14(13)18-15(20)11-3-1-4-12(9-11)19-7-2-8-23(19,21)22/h1,3-6,9-10H,2,7-8H2,(H,17,18,20). The molecule has 1 aromatic heterocycles. The highest BCUT2D eigenvalue weighted by molar-refractivity contribution is 9.10. The molecule has 8 heteroatoms. The molecule has 0 bridgehead atoms. The predicted octanol–water partition coefficient (Wildman–Crippen LogP) is 2.64. The molecule has 23 heavy (non-hydrogen) atoms. The topological polar surface area (TPSA) is 79.4 Å². The number of pyridine rings is 1. The highest BCUT2D eigenvalue weighted by Gasteiger charge is 2.28. The van der Waals surface area contributed by atoms with E-state index in [1.807, 2.05) is 0 Å². The summed E-state index contributed by atoms with van der Waals surface area (Å²) in [6, 6.07) is 8.29. The lowest BCUT2D eigenvalue weighted by atomic mass is 10.2. The molecule has 1 amide bonds. The summed E-state index contributed by atoms with van der Waals surface area (Å²) in [7, 11) is -3.26. The van der Waals surface area contributed by atoms with Crippen molar-refractivity contribution in [1.29, 1.82) is 0 Å². The average Bonchev–Trinajstić information content (AvgIpc) is 2.89. The Hall–Kier alpha value is -1.93. The SMILES string of the molecule is O=C(Nc1ccncc1Br)c1cccc(N2CCCS2(=O)=O)c1. The Bertz CT molecular complexity index is 855. The Morgan fingerprint density at radius 1 is 1.30 bits per heavy atom. The van der Waals surface area contributed by atoms with Crippen molar-refractivity contribution >= 4 is 43.2 Å². The maximum Gasteiger partial charge on any atom is 0.255 e. The summed E-state index contributed by atoms with van der Waals surface area (Å²) in [6.45, 7) is 0.448. The zero-order valence-corrected chi connectivity index (χ0v) is 14.5. The smallest absolute Gasteiger partial charge is 0.255 e. The molecule has 0 radical (unpaired) electrons. The van der Waals surface area contributed by atoms with Gasteiger partial charge in [-0.05, 0) is 46.6 Å².